The fourth-order valence-corrected chi connectivity index (χ4v) is 2.78. The van der Waals surface area contributed by atoms with E-state index in [2.05, 4.69) is 25.8 Å². The van der Waals surface area contributed by atoms with E-state index >= 15 is 0 Å². The largest absolute Gasteiger partial charge is 0.483 e. The molecule has 21 heavy (non-hydrogen) atoms. The number of nitrogens with two attached hydrogens (primary N) is 1. The number of nitrogens with zero attached hydrogens (tertiary/aromatic N) is 1. The zero-order valence-corrected chi connectivity index (χ0v) is 13.5. The molecule has 0 unspecified atom stereocenters. The summed E-state index contributed by atoms with van der Waals surface area (Å²) in [7, 11) is 0. The van der Waals surface area contributed by atoms with Crippen LogP contribution in [0.25, 0.3) is 0 Å². The number of rotatable bonds is 5. The van der Waals surface area contributed by atoms with Gasteiger partial charge in [0.1, 0.15) is 11.6 Å². The Kier molecular flexibility index (Phi) is 4.96. The fourth-order valence-electron chi connectivity index (χ4n) is 1.84. The third-order valence-corrected chi connectivity index (χ3v) is 3.92. The van der Waals surface area contributed by atoms with Crippen LogP contribution in [0, 0.1) is 5.82 Å². The van der Waals surface area contributed by atoms with Crippen molar-refractivity contribution in [3.05, 3.63) is 45.7 Å². The average Bonchev–Trinajstić information content (AvgIpc) is 2.87. The van der Waals surface area contributed by atoms with Gasteiger partial charge in [-0.3, -0.25) is 0 Å². The molecule has 0 aliphatic carbocycles. The lowest BCUT2D eigenvalue weighted by Crippen LogP contribution is -2.11. The zero-order chi connectivity index (χ0) is 15.5. The minimum absolute atomic E-state index is 0.0177. The summed E-state index contributed by atoms with van der Waals surface area (Å²) in [5.74, 6) is -0.100. The molecule has 0 radical (unpaired) electrons. The first-order valence-corrected chi connectivity index (χ1v) is 7.84. The van der Waals surface area contributed by atoms with E-state index in [-0.39, 0.29) is 23.6 Å². The Morgan fingerprint density at radius 2 is 2.10 bits per heavy atom. The number of aromatic nitrogens is 1. The lowest BCUT2D eigenvalue weighted by molar-refractivity contribution is 0.289. The van der Waals surface area contributed by atoms with Gasteiger partial charge in [-0.15, -0.1) is 11.3 Å². The Labute approximate surface area is 129 Å². The first-order chi connectivity index (χ1) is 9.90. The van der Waals surface area contributed by atoms with Crippen LogP contribution >= 0.6 is 11.3 Å². The van der Waals surface area contributed by atoms with Crippen LogP contribution in [0.1, 0.15) is 37.0 Å². The highest BCUT2D eigenvalue weighted by Gasteiger charge is 2.17. The summed E-state index contributed by atoms with van der Waals surface area (Å²) >= 11 is 1.54. The molecule has 0 saturated heterocycles. The van der Waals surface area contributed by atoms with Crippen molar-refractivity contribution in [3.63, 3.8) is 0 Å². The van der Waals surface area contributed by atoms with E-state index < -0.39 is 0 Å². The molecule has 114 valence electrons. The molecule has 2 rings (SSSR count). The molecule has 0 amide bonds. The van der Waals surface area contributed by atoms with Crippen molar-refractivity contribution >= 4 is 11.3 Å². The van der Waals surface area contributed by atoms with Crippen molar-refractivity contribution in [2.75, 3.05) is 6.54 Å². The third-order valence-electron chi connectivity index (χ3n) is 3.10. The SMILES string of the molecule is CC(C)(C)c1csc(COc2ccc(CCN)cc2F)n1. The Morgan fingerprint density at radius 1 is 1.33 bits per heavy atom. The molecular weight excluding hydrogens is 287 g/mol. The summed E-state index contributed by atoms with van der Waals surface area (Å²) in [5.41, 5.74) is 7.39. The van der Waals surface area contributed by atoms with Crippen molar-refractivity contribution in [2.45, 2.75) is 39.2 Å². The van der Waals surface area contributed by atoms with Crippen LogP contribution in [0.2, 0.25) is 0 Å². The minimum Gasteiger partial charge on any atom is -0.483 e. The van der Waals surface area contributed by atoms with Crippen molar-refractivity contribution in [3.8, 4) is 5.75 Å². The van der Waals surface area contributed by atoms with Crippen molar-refractivity contribution < 1.29 is 9.13 Å². The number of halogens is 1. The number of hydrogen-bond donors (Lipinski definition) is 1. The highest BCUT2D eigenvalue weighted by Crippen LogP contribution is 2.25. The molecular formula is C16H21FN2OS. The first-order valence-electron chi connectivity index (χ1n) is 6.96. The van der Waals surface area contributed by atoms with Gasteiger partial charge in [0.2, 0.25) is 0 Å². The second kappa shape index (κ2) is 6.54. The Bertz CT molecular complexity index is 605. The molecule has 0 aliphatic heterocycles. The molecule has 0 spiro atoms. The van der Waals surface area contributed by atoms with E-state index in [1.165, 1.54) is 17.4 Å². The van der Waals surface area contributed by atoms with Crippen LogP contribution in [0.15, 0.2) is 23.6 Å². The normalized spacial score (nSPS) is 11.7. The second-order valence-corrected chi connectivity index (χ2v) is 6.91. The predicted molar refractivity (Wildman–Crippen MR) is 84.3 cm³/mol. The molecule has 0 fully saturated rings. The topological polar surface area (TPSA) is 48.1 Å². The quantitative estimate of drug-likeness (QED) is 0.917. The van der Waals surface area contributed by atoms with Gasteiger partial charge in [-0.2, -0.15) is 0 Å². The van der Waals surface area contributed by atoms with Gasteiger partial charge in [0.25, 0.3) is 0 Å². The third kappa shape index (κ3) is 4.25. The molecule has 1 heterocycles. The molecule has 2 N–H and O–H groups in total. The Hall–Kier alpha value is -1.46. The van der Waals surface area contributed by atoms with E-state index in [0.717, 1.165) is 16.3 Å². The number of hydrogen-bond acceptors (Lipinski definition) is 4. The van der Waals surface area contributed by atoms with Crippen LogP contribution in [0.4, 0.5) is 4.39 Å². The highest BCUT2D eigenvalue weighted by molar-refractivity contribution is 7.09. The fraction of sp³-hybridized carbons (Fsp3) is 0.438. The van der Waals surface area contributed by atoms with E-state index in [1.54, 1.807) is 6.07 Å². The van der Waals surface area contributed by atoms with Gasteiger partial charge >= 0.3 is 0 Å². The van der Waals surface area contributed by atoms with Crippen LogP contribution in [-0.2, 0) is 18.4 Å². The van der Waals surface area contributed by atoms with Gasteiger partial charge in [-0.25, -0.2) is 9.37 Å². The standard InChI is InChI=1S/C16H21FN2OS/c1-16(2,3)14-10-21-15(19-14)9-20-13-5-4-11(6-7-18)8-12(13)17/h4-5,8,10H,6-7,9,18H2,1-3H3. The molecule has 1 aromatic heterocycles. The van der Waals surface area contributed by atoms with Gasteiger partial charge in [-0.05, 0) is 30.7 Å². The zero-order valence-electron chi connectivity index (χ0n) is 12.6. The summed E-state index contributed by atoms with van der Waals surface area (Å²) in [6.07, 6.45) is 0.665. The highest BCUT2D eigenvalue weighted by atomic mass is 32.1. The van der Waals surface area contributed by atoms with Crippen molar-refractivity contribution in [2.24, 2.45) is 5.73 Å². The summed E-state index contributed by atoms with van der Waals surface area (Å²) in [6.45, 7) is 7.13. The molecule has 3 nitrogen and oxygen atoms in total. The van der Waals surface area contributed by atoms with Crippen molar-refractivity contribution in [1.29, 1.82) is 0 Å². The summed E-state index contributed by atoms with van der Waals surface area (Å²) in [5, 5.41) is 2.88. The van der Waals surface area contributed by atoms with E-state index in [9.17, 15) is 4.39 Å². The van der Waals surface area contributed by atoms with E-state index in [1.807, 2.05) is 11.4 Å². The summed E-state index contributed by atoms with van der Waals surface area (Å²) < 4.78 is 19.4. The average molecular weight is 308 g/mol. The van der Waals surface area contributed by atoms with Crippen LogP contribution in [0.5, 0.6) is 5.75 Å². The Morgan fingerprint density at radius 3 is 2.67 bits per heavy atom. The predicted octanol–water partition coefficient (Wildman–Crippen LogP) is 3.66. The van der Waals surface area contributed by atoms with Gasteiger partial charge < -0.3 is 10.5 Å². The molecule has 2 aromatic rings. The maximum atomic E-state index is 13.9. The summed E-state index contributed by atoms with van der Waals surface area (Å²) in [4.78, 5) is 4.53. The van der Waals surface area contributed by atoms with Crippen molar-refractivity contribution in [1.82, 2.24) is 4.98 Å². The maximum absolute atomic E-state index is 13.9. The van der Waals surface area contributed by atoms with Crippen LogP contribution in [-0.4, -0.2) is 11.5 Å². The number of thiazole rings is 1. The lowest BCUT2D eigenvalue weighted by atomic mass is 9.93. The molecule has 0 aliphatic rings. The van der Waals surface area contributed by atoms with Gasteiger partial charge in [0.05, 0.1) is 5.69 Å². The smallest absolute Gasteiger partial charge is 0.165 e. The second-order valence-electron chi connectivity index (χ2n) is 5.97. The summed E-state index contributed by atoms with van der Waals surface area (Å²) in [6, 6.07) is 4.97. The van der Waals surface area contributed by atoms with Gasteiger partial charge in [0.15, 0.2) is 11.6 Å². The molecule has 1 aromatic carbocycles. The molecule has 0 bridgehead atoms. The Balaban J connectivity index is 2.01. The number of benzene rings is 1. The van der Waals surface area contributed by atoms with Crippen LogP contribution < -0.4 is 10.5 Å². The van der Waals surface area contributed by atoms with E-state index in [0.29, 0.717) is 13.0 Å². The molecule has 0 saturated carbocycles. The molecule has 0 atom stereocenters. The number of ether oxygens (including phenoxy) is 1. The van der Waals surface area contributed by atoms with Gasteiger partial charge in [0, 0.05) is 10.8 Å². The maximum Gasteiger partial charge on any atom is 0.165 e. The van der Waals surface area contributed by atoms with E-state index in [4.69, 9.17) is 10.5 Å². The minimum atomic E-state index is -0.353. The lowest BCUT2D eigenvalue weighted by Gasteiger charge is -2.14. The van der Waals surface area contributed by atoms with Gasteiger partial charge in [-0.1, -0.05) is 26.8 Å². The molecule has 5 heteroatoms. The monoisotopic (exact) mass is 308 g/mol. The van der Waals surface area contributed by atoms with Crippen LogP contribution in [0.3, 0.4) is 0 Å². The first kappa shape index (κ1) is 15.9.